The fourth-order valence-electron chi connectivity index (χ4n) is 2.52. The predicted molar refractivity (Wildman–Crippen MR) is 93.5 cm³/mol. The van der Waals surface area contributed by atoms with Crippen LogP contribution in [-0.4, -0.2) is 21.8 Å². The Balaban J connectivity index is 3.04. The van der Waals surface area contributed by atoms with E-state index in [0.29, 0.717) is 0 Å². The summed E-state index contributed by atoms with van der Waals surface area (Å²) in [6.45, 7) is 12.6. The van der Waals surface area contributed by atoms with E-state index in [1.807, 2.05) is 0 Å². The minimum atomic E-state index is -2.30. The Kier molecular flexibility index (Phi) is 8.23. The summed E-state index contributed by atoms with van der Waals surface area (Å²) in [5.41, 5.74) is 2.68. The third-order valence-electron chi connectivity index (χ3n) is 4.15. The van der Waals surface area contributed by atoms with Gasteiger partial charge < -0.3 is 8.85 Å². The number of unbranched alkanes of at least 4 members (excludes halogenated alkanes) is 2. The normalized spacial score (nSPS) is 11.9. The van der Waals surface area contributed by atoms with Gasteiger partial charge in [0.15, 0.2) is 0 Å². The van der Waals surface area contributed by atoms with Crippen molar-refractivity contribution in [3.8, 4) is 0 Å². The van der Waals surface area contributed by atoms with Crippen molar-refractivity contribution in [2.45, 2.75) is 66.3 Å². The van der Waals surface area contributed by atoms with Gasteiger partial charge in [0.1, 0.15) is 0 Å². The van der Waals surface area contributed by atoms with E-state index in [-0.39, 0.29) is 0 Å². The van der Waals surface area contributed by atoms with Crippen LogP contribution >= 0.6 is 0 Å². The fourth-order valence-corrected chi connectivity index (χ4v) is 5.77. The van der Waals surface area contributed by atoms with E-state index >= 15 is 0 Å². The second kappa shape index (κ2) is 9.39. The van der Waals surface area contributed by atoms with Gasteiger partial charge in [-0.2, -0.15) is 0 Å². The third kappa shape index (κ3) is 4.94. The molecule has 0 atom stereocenters. The van der Waals surface area contributed by atoms with Crippen LogP contribution in [0.25, 0.3) is 0 Å². The zero-order chi connectivity index (χ0) is 15.7. The van der Waals surface area contributed by atoms with Crippen molar-refractivity contribution < 1.29 is 8.85 Å². The highest BCUT2D eigenvalue weighted by Gasteiger charge is 2.39. The monoisotopic (exact) mass is 308 g/mol. The molecular weight excluding hydrogens is 276 g/mol. The van der Waals surface area contributed by atoms with Crippen LogP contribution in [0.5, 0.6) is 0 Å². The average Bonchev–Trinajstić information content (AvgIpc) is 2.49. The van der Waals surface area contributed by atoms with Gasteiger partial charge >= 0.3 is 8.56 Å². The molecule has 0 spiro atoms. The molecule has 0 bridgehead atoms. The zero-order valence-corrected chi connectivity index (χ0v) is 15.5. The van der Waals surface area contributed by atoms with Crippen LogP contribution in [0.1, 0.15) is 57.6 Å². The zero-order valence-electron chi connectivity index (χ0n) is 14.5. The van der Waals surface area contributed by atoms with Crippen molar-refractivity contribution in [2.75, 3.05) is 13.2 Å². The van der Waals surface area contributed by atoms with E-state index < -0.39 is 8.56 Å². The van der Waals surface area contributed by atoms with Gasteiger partial charge in [0.25, 0.3) is 0 Å². The quantitative estimate of drug-likeness (QED) is 0.464. The van der Waals surface area contributed by atoms with E-state index in [9.17, 15) is 0 Å². The highest BCUT2D eigenvalue weighted by Crippen LogP contribution is 2.19. The first-order valence-electron chi connectivity index (χ1n) is 8.45. The van der Waals surface area contributed by atoms with E-state index in [1.165, 1.54) is 16.3 Å². The molecule has 0 radical (unpaired) electrons. The molecule has 0 saturated carbocycles. The van der Waals surface area contributed by atoms with Gasteiger partial charge in [0.2, 0.25) is 0 Å². The Morgan fingerprint density at radius 1 is 0.905 bits per heavy atom. The Morgan fingerprint density at radius 3 is 1.95 bits per heavy atom. The molecular formula is C18H32O2Si. The van der Waals surface area contributed by atoms with Crippen LogP contribution in [0.15, 0.2) is 18.2 Å². The first-order valence-corrected chi connectivity index (χ1v) is 10.5. The molecule has 1 aromatic carbocycles. The topological polar surface area (TPSA) is 18.5 Å². The highest BCUT2D eigenvalue weighted by molar-refractivity contribution is 6.81. The van der Waals surface area contributed by atoms with Crippen molar-refractivity contribution >= 4 is 13.7 Å². The summed E-state index contributed by atoms with van der Waals surface area (Å²) in [7, 11) is -2.30. The van der Waals surface area contributed by atoms with Gasteiger partial charge in [-0.1, -0.05) is 51.8 Å². The van der Waals surface area contributed by atoms with Gasteiger partial charge in [0, 0.05) is 13.2 Å². The Bertz CT molecular complexity index is 408. The van der Waals surface area contributed by atoms with Gasteiger partial charge in [-0.3, -0.25) is 0 Å². The van der Waals surface area contributed by atoms with Crippen LogP contribution in [0.3, 0.4) is 0 Å². The minimum Gasteiger partial charge on any atom is -0.391 e. The molecule has 0 fully saturated rings. The second-order valence-electron chi connectivity index (χ2n) is 5.76. The van der Waals surface area contributed by atoms with Crippen LogP contribution in [-0.2, 0) is 8.85 Å². The Labute approximate surface area is 132 Å². The molecule has 0 unspecified atom stereocenters. The SMILES string of the molecule is CCCCO[Si](CC)(OCCCC)c1cccc(C)c1C. The van der Waals surface area contributed by atoms with E-state index in [0.717, 1.165) is 44.9 Å². The van der Waals surface area contributed by atoms with Crippen molar-refractivity contribution in [2.24, 2.45) is 0 Å². The lowest BCUT2D eigenvalue weighted by molar-refractivity contribution is 0.176. The summed E-state index contributed by atoms with van der Waals surface area (Å²) in [4.78, 5) is 0. The number of benzene rings is 1. The molecule has 120 valence electrons. The lowest BCUT2D eigenvalue weighted by Gasteiger charge is -2.32. The molecule has 3 heteroatoms. The summed E-state index contributed by atoms with van der Waals surface area (Å²) in [5, 5.41) is 1.33. The van der Waals surface area contributed by atoms with Crippen molar-refractivity contribution in [3.05, 3.63) is 29.3 Å². The Hall–Kier alpha value is -0.643. The highest BCUT2D eigenvalue weighted by atomic mass is 28.4. The summed E-state index contributed by atoms with van der Waals surface area (Å²) in [6.07, 6.45) is 4.54. The largest absolute Gasteiger partial charge is 0.391 e. The first kappa shape index (κ1) is 18.4. The molecule has 21 heavy (non-hydrogen) atoms. The molecule has 2 nitrogen and oxygen atoms in total. The Morgan fingerprint density at radius 2 is 1.48 bits per heavy atom. The number of hydrogen-bond acceptors (Lipinski definition) is 2. The van der Waals surface area contributed by atoms with Crippen molar-refractivity contribution in [1.82, 2.24) is 0 Å². The van der Waals surface area contributed by atoms with Gasteiger partial charge in [0.05, 0.1) is 0 Å². The van der Waals surface area contributed by atoms with Crippen molar-refractivity contribution in [3.63, 3.8) is 0 Å². The molecule has 0 amide bonds. The van der Waals surface area contributed by atoms with Crippen LogP contribution in [0.2, 0.25) is 6.04 Å². The van der Waals surface area contributed by atoms with Crippen molar-refractivity contribution in [1.29, 1.82) is 0 Å². The van der Waals surface area contributed by atoms with E-state index in [4.69, 9.17) is 8.85 Å². The molecule has 1 rings (SSSR count). The molecule has 0 aromatic heterocycles. The van der Waals surface area contributed by atoms with E-state index in [2.05, 4.69) is 52.8 Å². The van der Waals surface area contributed by atoms with Gasteiger partial charge in [-0.25, -0.2) is 0 Å². The smallest absolute Gasteiger partial charge is 0.372 e. The molecule has 0 saturated heterocycles. The molecule has 0 N–H and O–H groups in total. The lowest BCUT2D eigenvalue weighted by Crippen LogP contribution is -2.55. The van der Waals surface area contributed by atoms with Gasteiger partial charge in [-0.15, -0.1) is 0 Å². The molecule has 0 aliphatic carbocycles. The van der Waals surface area contributed by atoms with E-state index in [1.54, 1.807) is 0 Å². The first-order chi connectivity index (χ1) is 10.1. The minimum absolute atomic E-state index is 0.816. The van der Waals surface area contributed by atoms with Gasteiger partial charge in [-0.05, 0) is 49.0 Å². The number of aryl methyl sites for hydroxylation is 1. The second-order valence-corrected chi connectivity index (χ2v) is 9.09. The molecule has 0 aliphatic rings. The maximum atomic E-state index is 6.40. The average molecular weight is 309 g/mol. The summed E-state index contributed by atoms with van der Waals surface area (Å²) < 4.78 is 12.8. The van der Waals surface area contributed by atoms with Crippen LogP contribution in [0, 0.1) is 13.8 Å². The maximum absolute atomic E-state index is 6.40. The number of rotatable bonds is 10. The summed E-state index contributed by atoms with van der Waals surface area (Å²) >= 11 is 0. The fraction of sp³-hybridized carbons (Fsp3) is 0.667. The number of hydrogen-bond donors (Lipinski definition) is 0. The lowest BCUT2D eigenvalue weighted by atomic mass is 10.1. The van der Waals surface area contributed by atoms with Crippen LogP contribution in [0.4, 0.5) is 0 Å². The molecule has 1 aromatic rings. The molecule has 0 aliphatic heterocycles. The summed E-state index contributed by atoms with van der Waals surface area (Å²) in [5.74, 6) is 0. The standard InChI is InChI=1S/C18H32O2Si/c1-6-9-14-19-21(8-3,20-15-10-7-2)18-13-11-12-16(4)17(18)5/h11-13H,6-10,14-15H2,1-5H3. The van der Waals surface area contributed by atoms with Crippen LogP contribution < -0.4 is 5.19 Å². The molecule has 0 heterocycles. The third-order valence-corrected chi connectivity index (χ3v) is 7.78. The predicted octanol–water partition coefficient (Wildman–Crippen LogP) is 4.61. The maximum Gasteiger partial charge on any atom is 0.372 e. The summed E-state index contributed by atoms with van der Waals surface area (Å²) in [6, 6.07) is 7.51.